The maximum absolute atomic E-state index is 12.9. The maximum Gasteiger partial charge on any atom is 0.124 e. The predicted molar refractivity (Wildman–Crippen MR) is 70.1 cm³/mol. The fraction of sp³-hybridized carbons (Fsp3) is 0.538. The van der Waals surface area contributed by atoms with Gasteiger partial charge in [-0.2, -0.15) is 0 Å². The minimum Gasteiger partial charge on any atom is -0.317 e. The van der Waals surface area contributed by atoms with Gasteiger partial charge in [0.1, 0.15) is 5.82 Å². The number of hydrogen-bond acceptors (Lipinski definition) is 1. The molecule has 0 aromatic heterocycles. The number of hydrogen-bond donors (Lipinski definition) is 1. The van der Waals surface area contributed by atoms with Crippen molar-refractivity contribution in [2.24, 2.45) is 5.92 Å². The molecular weight excluding hydrogens is 269 g/mol. The van der Waals surface area contributed by atoms with Gasteiger partial charge < -0.3 is 5.32 Å². The SMILES string of the molecule is CCNCC(CC)Cc1ccc(F)cc1Br. The lowest BCUT2D eigenvalue weighted by molar-refractivity contribution is 0.466. The van der Waals surface area contributed by atoms with Crippen LogP contribution in [0.3, 0.4) is 0 Å². The Bertz CT molecular complexity index is 328. The Morgan fingerprint density at radius 2 is 2.12 bits per heavy atom. The van der Waals surface area contributed by atoms with E-state index >= 15 is 0 Å². The summed E-state index contributed by atoms with van der Waals surface area (Å²) in [4.78, 5) is 0. The minimum atomic E-state index is -0.185. The van der Waals surface area contributed by atoms with Crippen molar-refractivity contribution in [1.82, 2.24) is 5.32 Å². The molecule has 0 fully saturated rings. The molecule has 0 saturated carbocycles. The second kappa shape index (κ2) is 7.02. The average molecular weight is 288 g/mol. The highest BCUT2D eigenvalue weighted by Gasteiger charge is 2.09. The molecule has 3 heteroatoms. The van der Waals surface area contributed by atoms with Gasteiger partial charge in [0.15, 0.2) is 0 Å². The summed E-state index contributed by atoms with van der Waals surface area (Å²) >= 11 is 3.41. The van der Waals surface area contributed by atoms with Gasteiger partial charge in [-0.05, 0) is 43.1 Å². The van der Waals surface area contributed by atoms with Gasteiger partial charge >= 0.3 is 0 Å². The van der Waals surface area contributed by atoms with Crippen molar-refractivity contribution in [3.8, 4) is 0 Å². The van der Waals surface area contributed by atoms with Crippen molar-refractivity contribution in [1.29, 1.82) is 0 Å². The van der Waals surface area contributed by atoms with Crippen molar-refractivity contribution < 1.29 is 4.39 Å². The van der Waals surface area contributed by atoms with Gasteiger partial charge in [0.05, 0.1) is 0 Å². The summed E-state index contributed by atoms with van der Waals surface area (Å²) in [5, 5.41) is 3.36. The third kappa shape index (κ3) is 4.22. The monoisotopic (exact) mass is 287 g/mol. The van der Waals surface area contributed by atoms with Crippen molar-refractivity contribution in [2.45, 2.75) is 26.7 Å². The molecule has 1 nitrogen and oxygen atoms in total. The number of rotatable bonds is 6. The van der Waals surface area contributed by atoms with Crippen LogP contribution in [0.5, 0.6) is 0 Å². The van der Waals surface area contributed by atoms with Gasteiger partial charge in [-0.15, -0.1) is 0 Å². The third-order valence-corrected chi connectivity index (χ3v) is 3.52. The van der Waals surface area contributed by atoms with Crippen molar-refractivity contribution in [3.05, 3.63) is 34.1 Å². The van der Waals surface area contributed by atoms with Gasteiger partial charge in [-0.25, -0.2) is 4.39 Å². The summed E-state index contributed by atoms with van der Waals surface area (Å²) in [6.45, 7) is 6.33. The first-order valence-corrected chi connectivity index (χ1v) is 6.61. The highest BCUT2D eigenvalue weighted by Crippen LogP contribution is 2.22. The fourth-order valence-corrected chi connectivity index (χ4v) is 2.22. The predicted octanol–water partition coefficient (Wildman–Crippen LogP) is 3.77. The summed E-state index contributed by atoms with van der Waals surface area (Å²) < 4.78 is 13.8. The minimum absolute atomic E-state index is 0.185. The van der Waals surface area contributed by atoms with E-state index in [1.54, 1.807) is 0 Å². The maximum atomic E-state index is 12.9. The second-order valence-electron chi connectivity index (χ2n) is 4.02. The highest BCUT2D eigenvalue weighted by atomic mass is 79.9. The standard InChI is InChI=1S/C13H19BrFN/c1-3-10(9-16-4-2)7-11-5-6-12(15)8-13(11)14/h5-6,8,10,16H,3-4,7,9H2,1-2H3. The van der Waals surface area contributed by atoms with Gasteiger partial charge in [-0.1, -0.05) is 42.3 Å². The lowest BCUT2D eigenvalue weighted by Crippen LogP contribution is -2.23. The van der Waals surface area contributed by atoms with E-state index in [9.17, 15) is 4.39 Å². The van der Waals surface area contributed by atoms with Crippen molar-refractivity contribution >= 4 is 15.9 Å². The molecule has 0 amide bonds. The van der Waals surface area contributed by atoms with Crippen LogP contribution in [-0.2, 0) is 6.42 Å². The molecule has 0 saturated heterocycles. The van der Waals surface area contributed by atoms with Crippen LogP contribution in [-0.4, -0.2) is 13.1 Å². The molecule has 0 radical (unpaired) electrons. The number of halogens is 2. The van der Waals surface area contributed by atoms with Crippen LogP contribution in [0, 0.1) is 11.7 Å². The highest BCUT2D eigenvalue weighted by molar-refractivity contribution is 9.10. The van der Waals surface area contributed by atoms with Crippen molar-refractivity contribution in [3.63, 3.8) is 0 Å². The molecule has 1 unspecified atom stereocenters. The van der Waals surface area contributed by atoms with Crippen LogP contribution in [0.25, 0.3) is 0 Å². The van der Waals surface area contributed by atoms with Gasteiger partial charge in [0, 0.05) is 4.47 Å². The van der Waals surface area contributed by atoms with E-state index in [-0.39, 0.29) is 5.82 Å². The van der Waals surface area contributed by atoms with Gasteiger partial charge in [0.2, 0.25) is 0 Å². The van der Waals surface area contributed by atoms with Gasteiger partial charge in [-0.3, -0.25) is 0 Å². The second-order valence-corrected chi connectivity index (χ2v) is 4.88. The molecule has 90 valence electrons. The van der Waals surface area contributed by atoms with Gasteiger partial charge in [0.25, 0.3) is 0 Å². The van der Waals surface area contributed by atoms with Crippen molar-refractivity contribution in [2.75, 3.05) is 13.1 Å². The summed E-state index contributed by atoms with van der Waals surface area (Å²) in [6, 6.07) is 4.93. The van der Waals surface area contributed by atoms with E-state index in [0.29, 0.717) is 5.92 Å². The Labute approximate surface area is 106 Å². The zero-order valence-corrected chi connectivity index (χ0v) is 11.5. The third-order valence-electron chi connectivity index (χ3n) is 2.78. The Morgan fingerprint density at radius 1 is 1.38 bits per heavy atom. The topological polar surface area (TPSA) is 12.0 Å². The van der Waals surface area contributed by atoms with Crippen LogP contribution in [0.2, 0.25) is 0 Å². The Morgan fingerprint density at radius 3 is 2.69 bits per heavy atom. The smallest absolute Gasteiger partial charge is 0.124 e. The fourth-order valence-electron chi connectivity index (χ4n) is 1.71. The largest absolute Gasteiger partial charge is 0.317 e. The zero-order chi connectivity index (χ0) is 12.0. The summed E-state index contributed by atoms with van der Waals surface area (Å²) in [7, 11) is 0. The van der Waals surface area contributed by atoms with E-state index in [2.05, 4.69) is 35.1 Å². The zero-order valence-electron chi connectivity index (χ0n) is 9.89. The summed E-state index contributed by atoms with van der Waals surface area (Å²) in [5.74, 6) is 0.428. The van der Waals surface area contributed by atoms with E-state index in [1.165, 1.54) is 17.7 Å². The normalized spacial score (nSPS) is 12.8. The van der Waals surface area contributed by atoms with Crippen LogP contribution >= 0.6 is 15.9 Å². The Hall–Kier alpha value is -0.410. The molecule has 1 atom stereocenters. The lowest BCUT2D eigenvalue weighted by atomic mass is 9.97. The van der Waals surface area contributed by atoms with Crippen LogP contribution < -0.4 is 5.32 Å². The van der Waals surface area contributed by atoms with E-state index < -0.39 is 0 Å². The molecule has 0 heterocycles. The molecule has 0 aliphatic heterocycles. The molecule has 1 N–H and O–H groups in total. The molecule has 1 aromatic rings. The van der Waals surface area contributed by atoms with Crippen LogP contribution in [0.4, 0.5) is 4.39 Å². The first-order valence-electron chi connectivity index (χ1n) is 5.82. The molecule has 0 aliphatic rings. The first-order chi connectivity index (χ1) is 7.67. The first kappa shape index (κ1) is 13.7. The van der Waals surface area contributed by atoms with E-state index in [1.807, 2.05) is 6.07 Å². The molecule has 16 heavy (non-hydrogen) atoms. The Balaban J connectivity index is 2.62. The number of nitrogens with one attached hydrogen (secondary N) is 1. The molecule has 0 aliphatic carbocycles. The van der Waals surface area contributed by atoms with E-state index in [0.717, 1.165) is 30.4 Å². The Kier molecular flexibility index (Phi) is 5.99. The number of benzene rings is 1. The molecule has 1 aromatic carbocycles. The molecular formula is C13H19BrFN. The van der Waals surface area contributed by atoms with Crippen LogP contribution in [0.1, 0.15) is 25.8 Å². The lowest BCUT2D eigenvalue weighted by Gasteiger charge is -2.16. The van der Waals surface area contributed by atoms with Crippen LogP contribution in [0.15, 0.2) is 22.7 Å². The molecule has 1 rings (SSSR count). The molecule has 0 bridgehead atoms. The quantitative estimate of drug-likeness (QED) is 0.840. The summed E-state index contributed by atoms with van der Waals surface area (Å²) in [6.07, 6.45) is 2.13. The van der Waals surface area contributed by atoms with E-state index in [4.69, 9.17) is 0 Å². The molecule has 0 spiro atoms. The summed E-state index contributed by atoms with van der Waals surface area (Å²) in [5.41, 5.74) is 1.19. The average Bonchev–Trinajstić information content (AvgIpc) is 2.27.